The van der Waals surface area contributed by atoms with Crippen LogP contribution in [0, 0.1) is 6.92 Å². The highest BCUT2D eigenvalue weighted by Crippen LogP contribution is 2.23. The van der Waals surface area contributed by atoms with Gasteiger partial charge in [0.25, 0.3) is 5.56 Å². The van der Waals surface area contributed by atoms with E-state index in [4.69, 9.17) is 0 Å². The molecule has 1 aliphatic rings. The number of hydrogen-bond acceptors (Lipinski definition) is 3. The second-order valence-electron chi connectivity index (χ2n) is 6.32. The van der Waals surface area contributed by atoms with Gasteiger partial charge in [-0.1, -0.05) is 18.2 Å². The van der Waals surface area contributed by atoms with Crippen LogP contribution in [0.15, 0.2) is 35.3 Å². The lowest BCUT2D eigenvalue weighted by molar-refractivity contribution is 0.241. The Kier molecular flexibility index (Phi) is 3.31. The summed E-state index contributed by atoms with van der Waals surface area (Å²) in [6, 6.07) is 8.48. The summed E-state index contributed by atoms with van der Waals surface area (Å²) in [5, 5.41) is 1.30. The van der Waals surface area contributed by atoms with Gasteiger partial charge in [0.15, 0.2) is 0 Å². The molecule has 23 heavy (non-hydrogen) atoms. The summed E-state index contributed by atoms with van der Waals surface area (Å²) in [6.45, 7) is 4.35. The minimum atomic E-state index is 0.0253. The Morgan fingerprint density at radius 2 is 2.13 bits per heavy atom. The quantitative estimate of drug-likeness (QED) is 0.789. The van der Waals surface area contributed by atoms with Gasteiger partial charge in [0.05, 0.1) is 5.69 Å². The first kappa shape index (κ1) is 14.2. The Hall–Kier alpha value is -2.40. The number of aromatic nitrogens is 3. The fraction of sp³-hybridized carbons (Fsp3) is 0.333. The third-order valence-corrected chi connectivity index (χ3v) is 4.64. The van der Waals surface area contributed by atoms with Crippen molar-refractivity contribution in [1.82, 2.24) is 19.4 Å². The summed E-state index contributed by atoms with van der Waals surface area (Å²) in [5.74, 6) is 0.695. The molecule has 3 aromatic rings. The molecule has 0 atom stereocenters. The third-order valence-electron chi connectivity index (χ3n) is 4.64. The molecule has 5 heteroatoms. The fourth-order valence-corrected chi connectivity index (χ4v) is 3.55. The van der Waals surface area contributed by atoms with Crippen molar-refractivity contribution < 1.29 is 0 Å². The first-order chi connectivity index (χ1) is 11.1. The van der Waals surface area contributed by atoms with Crippen molar-refractivity contribution >= 4 is 10.9 Å². The van der Waals surface area contributed by atoms with Crippen molar-refractivity contribution in [2.24, 2.45) is 7.05 Å². The molecule has 0 saturated carbocycles. The largest absolute Gasteiger partial charge is 0.350 e. The maximum atomic E-state index is 12.0. The zero-order chi connectivity index (χ0) is 16.0. The zero-order valence-electron chi connectivity index (χ0n) is 13.5. The van der Waals surface area contributed by atoms with Crippen molar-refractivity contribution in [1.29, 1.82) is 0 Å². The van der Waals surface area contributed by atoms with Crippen LogP contribution >= 0.6 is 0 Å². The van der Waals surface area contributed by atoms with E-state index in [9.17, 15) is 4.79 Å². The van der Waals surface area contributed by atoms with Crippen LogP contribution in [-0.2, 0) is 26.6 Å². The number of H-pyrrole nitrogens is 1. The predicted molar refractivity (Wildman–Crippen MR) is 90.3 cm³/mol. The molecule has 0 saturated heterocycles. The van der Waals surface area contributed by atoms with Crippen LogP contribution in [0.3, 0.4) is 0 Å². The van der Waals surface area contributed by atoms with Crippen LogP contribution < -0.4 is 5.56 Å². The molecule has 5 nitrogen and oxygen atoms in total. The SMILES string of the molecule is Cc1nc2c(c(=O)[nH]1)CCN(Cc1cn(C)c3ccccc13)C2. The van der Waals surface area contributed by atoms with Crippen LogP contribution in [0.1, 0.15) is 22.6 Å². The lowest BCUT2D eigenvalue weighted by atomic mass is 10.1. The van der Waals surface area contributed by atoms with Gasteiger partial charge in [-0.3, -0.25) is 9.69 Å². The van der Waals surface area contributed by atoms with Gasteiger partial charge in [-0.15, -0.1) is 0 Å². The van der Waals surface area contributed by atoms with E-state index in [1.807, 2.05) is 6.92 Å². The smallest absolute Gasteiger partial charge is 0.254 e. The minimum Gasteiger partial charge on any atom is -0.350 e. The molecule has 1 aliphatic heterocycles. The van der Waals surface area contributed by atoms with E-state index in [2.05, 4.69) is 56.9 Å². The normalized spacial score (nSPS) is 15.0. The van der Waals surface area contributed by atoms with Gasteiger partial charge in [-0.25, -0.2) is 4.98 Å². The zero-order valence-corrected chi connectivity index (χ0v) is 13.5. The predicted octanol–water partition coefficient (Wildman–Crippen LogP) is 2.13. The van der Waals surface area contributed by atoms with Gasteiger partial charge in [0.1, 0.15) is 5.82 Å². The summed E-state index contributed by atoms with van der Waals surface area (Å²) in [7, 11) is 2.09. The van der Waals surface area contributed by atoms with Crippen molar-refractivity contribution in [3.05, 3.63) is 63.5 Å². The number of nitrogens with zero attached hydrogens (tertiary/aromatic N) is 3. The highest BCUT2D eigenvalue weighted by molar-refractivity contribution is 5.83. The summed E-state index contributed by atoms with van der Waals surface area (Å²) in [4.78, 5) is 21.7. The number of benzene rings is 1. The van der Waals surface area contributed by atoms with Gasteiger partial charge in [-0.05, 0) is 25.0 Å². The highest BCUT2D eigenvalue weighted by atomic mass is 16.1. The molecule has 1 N–H and O–H groups in total. The summed E-state index contributed by atoms with van der Waals surface area (Å²) in [6.07, 6.45) is 2.97. The van der Waals surface area contributed by atoms with E-state index < -0.39 is 0 Å². The minimum absolute atomic E-state index is 0.0253. The third kappa shape index (κ3) is 2.47. The van der Waals surface area contributed by atoms with Crippen molar-refractivity contribution in [3.8, 4) is 0 Å². The molecule has 0 radical (unpaired) electrons. The number of aromatic amines is 1. The van der Waals surface area contributed by atoms with Crippen LogP contribution in [0.2, 0.25) is 0 Å². The Labute approximate surface area is 134 Å². The maximum absolute atomic E-state index is 12.0. The molecule has 0 spiro atoms. The Balaban J connectivity index is 1.64. The van der Waals surface area contributed by atoms with Crippen LogP contribution in [-0.4, -0.2) is 26.0 Å². The lowest BCUT2D eigenvalue weighted by Gasteiger charge is -2.27. The molecule has 0 amide bonds. The van der Waals surface area contributed by atoms with Crippen LogP contribution in [0.25, 0.3) is 10.9 Å². The number of aryl methyl sites for hydroxylation is 2. The van der Waals surface area contributed by atoms with E-state index in [0.29, 0.717) is 5.82 Å². The van der Waals surface area contributed by atoms with Gasteiger partial charge in [0.2, 0.25) is 0 Å². The monoisotopic (exact) mass is 308 g/mol. The molecule has 3 heterocycles. The molecular formula is C18H20N4O. The van der Waals surface area contributed by atoms with Crippen LogP contribution in [0.5, 0.6) is 0 Å². The van der Waals surface area contributed by atoms with E-state index in [1.165, 1.54) is 16.5 Å². The van der Waals surface area contributed by atoms with E-state index in [-0.39, 0.29) is 5.56 Å². The first-order valence-corrected chi connectivity index (χ1v) is 7.96. The second kappa shape index (κ2) is 5.35. The summed E-state index contributed by atoms with van der Waals surface area (Å²) in [5.41, 5.74) is 4.39. The molecule has 1 aromatic carbocycles. The number of para-hydroxylation sites is 1. The lowest BCUT2D eigenvalue weighted by Crippen LogP contribution is -2.35. The average Bonchev–Trinajstić information content (AvgIpc) is 2.83. The average molecular weight is 308 g/mol. The molecule has 118 valence electrons. The van der Waals surface area contributed by atoms with Crippen molar-refractivity contribution in [3.63, 3.8) is 0 Å². The first-order valence-electron chi connectivity index (χ1n) is 7.96. The number of rotatable bonds is 2. The van der Waals surface area contributed by atoms with Crippen molar-refractivity contribution in [2.45, 2.75) is 26.4 Å². The topological polar surface area (TPSA) is 53.9 Å². The maximum Gasteiger partial charge on any atom is 0.254 e. The summed E-state index contributed by atoms with van der Waals surface area (Å²) >= 11 is 0. The van der Waals surface area contributed by atoms with Gasteiger partial charge >= 0.3 is 0 Å². The number of hydrogen-bond donors (Lipinski definition) is 1. The second-order valence-corrected chi connectivity index (χ2v) is 6.32. The Morgan fingerprint density at radius 1 is 1.30 bits per heavy atom. The summed E-state index contributed by atoms with van der Waals surface area (Å²) < 4.78 is 2.18. The van der Waals surface area contributed by atoms with Gasteiger partial charge in [-0.2, -0.15) is 0 Å². The standard InChI is InChI=1S/C18H20N4O/c1-12-19-16-11-22(8-7-15(16)18(23)20-12)10-13-9-21(2)17-6-4-3-5-14(13)17/h3-6,9H,7-8,10-11H2,1-2H3,(H,19,20,23). The molecular weight excluding hydrogens is 288 g/mol. The van der Waals surface area contributed by atoms with Crippen LogP contribution in [0.4, 0.5) is 0 Å². The number of fused-ring (bicyclic) bond motifs is 2. The highest BCUT2D eigenvalue weighted by Gasteiger charge is 2.21. The van der Waals surface area contributed by atoms with Crippen molar-refractivity contribution in [2.75, 3.05) is 6.54 Å². The van der Waals surface area contributed by atoms with E-state index >= 15 is 0 Å². The fourth-order valence-electron chi connectivity index (χ4n) is 3.55. The molecule has 4 rings (SSSR count). The molecule has 0 unspecified atom stereocenters. The van der Waals surface area contributed by atoms with Gasteiger partial charge in [0, 0.05) is 49.3 Å². The Bertz CT molecular complexity index is 938. The Morgan fingerprint density at radius 3 is 3.00 bits per heavy atom. The van der Waals surface area contributed by atoms with E-state index in [1.54, 1.807) is 0 Å². The molecule has 0 aliphatic carbocycles. The molecule has 2 aromatic heterocycles. The van der Waals surface area contributed by atoms with E-state index in [0.717, 1.165) is 37.3 Å². The number of nitrogens with one attached hydrogen (secondary N) is 1. The molecule has 0 fully saturated rings. The molecule has 0 bridgehead atoms. The van der Waals surface area contributed by atoms with Gasteiger partial charge < -0.3 is 9.55 Å².